The summed E-state index contributed by atoms with van der Waals surface area (Å²) in [6, 6.07) is 27.4. The number of anilines is 2. The molecule has 3 aromatic rings. The lowest BCUT2D eigenvalue weighted by Gasteiger charge is -2.11. The molecule has 1 atom stereocenters. The number of aldehydes is 1. The summed E-state index contributed by atoms with van der Waals surface area (Å²) < 4.78 is 0. The summed E-state index contributed by atoms with van der Waals surface area (Å²) in [7, 11) is 1.00. The lowest BCUT2D eigenvalue weighted by molar-refractivity contribution is -0.111. The highest BCUT2D eigenvalue weighted by molar-refractivity contribution is 5.60. The van der Waals surface area contributed by atoms with E-state index in [-0.39, 0.29) is 5.92 Å². The minimum atomic E-state index is 0.147. The largest absolute Gasteiger partial charge is 0.400 e. The van der Waals surface area contributed by atoms with Gasteiger partial charge in [-0.15, -0.1) is 0 Å². The molecule has 0 saturated heterocycles. The average molecular weight is 404 g/mol. The summed E-state index contributed by atoms with van der Waals surface area (Å²) >= 11 is 0. The highest BCUT2D eigenvalue weighted by Gasteiger charge is 2.08. The van der Waals surface area contributed by atoms with Gasteiger partial charge >= 0.3 is 0 Å². The van der Waals surface area contributed by atoms with Crippen LogP contribution in [0.5, 0.6) is 0 Å². The van der Waals surface area contributed by atoms with Gasteiger partial charge in [0.1, 0.15) is 6.29 Å². The fourth-order valence-corrected chi connectivity index (χ4v) is 3.45. The summed E-state index contributed by atoms with van der Waals surface area (Å²) in [5.41, 5.74) is 6.09. The van der Waals surface area contributed by atoms with Gasteiger partial charge in [-0.2, -0.15) is 0 Å². The third kappa shape index (κ3) is 8.22. The number of nitrogens with one attached hydrogen (secondary N) is 1. The van der Waals surface area contributed by atoms with Crippen LogP contribution in [0.3, 0.4) is 0 Å². The average Bonchev–Trinajstić information content (AvgIpc) is 2.80. The second kappa shape index (κ2) is 13.3. The van der Waals surface area contributed by atoms with Crippen molar-refractivity contribution in [3.05, 3.63) is 95.6 Å². The molecule has 0 bridgehead atoms. The number of aliphatic hydroxyl groups is 1. The van der Waals surface area contributed by atoms with E-state index >= 15 is 0 Å². The van der Waals surface area contributed by atoms with E-state index < -0.39 is 0 Å². The maximum atomic E-state index is 11.4. The third-order valence-electron chi connectivity index (χ3n) is 5.15. The van der Waals surface area contributed by atoms with Gasteiger partial charge < -0.3 is 15.2 Å². The number of rotatable bonds is 10. The van der Waals surface area contributed by atoms with Crippen molar-refractivity contribution in [3.63, 3.8) is 0 Å². The predicted octanol–water partition coefficient (Wildman–Crippen LogP) is 6.12. The lowest BCUT2D eigenvalue weighted by Crippen LogP contribution is -2.05. The van der Waals surface area contributed by atoms with Gasteiger partial charge in [-0.1, -0.05) is 60.2 Å². The highest BCUT2D eigenvalue weighted by atomic mass is 16.2. The molecule has 0 saturated carbocycles. The van der Waals surface area contributed by atoms with Crippen LogP contribution in [-0.2, 0) is 17.6 Å². The first-order chi connectivity index (χ1) is 14.7. The van der Waals surface area contributed by atoms with E-state index in [1.807, 2.05) is 6.07 Å². The zero-order valence-corrected chi connectivity index (χ0v) is 18.1. The molecule has 1 unspecified atom stereocenters. The van der Waals surface area contributed by atoms with Crippen LogP contribution in [0.25, 0.3) is 0 Å². The van der Waals surface area contributed by atoms with E-state index in [9.17, 15) is 4.79 Å². The summed E-state index contributed by atoms with van der Waals surface area (Å²) in [5.74, 6) is 0.147. The predicted molar refractivity (Wildman–Crippen MR) is 126 cm³/mol. The highest BCUT2D eigenvalue weighted by Crippen LogP contribution is 2.20. The van der Waals surface area contributed by atoms with Crippen molar-refractivity contribution in [2.24, 2.45) is 5.92 Å². The van der Waals surface area contributed by atoms with Crippen molar-refractivity contribution in [2.75, 3.05) is 12.4 Å². The molecule has 158 valence electrons. The van der Waals surface area contributed by atoms with Crippen LogP contribution in [0.15, 0.2) is 78.9 Å². The Hall–Kier alpha value is -2.91. The third-order valence-corrected chi connectivity index (χ3v) is 5.15. The number of hydrogen-bond donors (Lipinski definition) is 2. The Morgan fingerprint density at radius 1 is 0.800 bits per heavy atom. The van der Waals surface area contributed by atoms with Gasteiger partial charge in [-0.3, -0.25) is 0 Å². The van der Waals surface area contributed by atoms with Crippen LogP contribution in [0.4, 0.5) is 11.4 Å². The topological polar surface area (TPSA) is 49.3 Å². The number of aliphatic hydroxyl groups excluding tert-OH is 1. The van der Waals surface area contributed by atoms with Gasteiger partial charge in [0.15, 0.2) is 0 Å². The molecule has 3 aromatic carbocycles. The molecule has 0 aliphatic carbocycles. The van der Waals surface area contributed by atoms with Crippen molar-refractivity contribution in [3.8, 4) is 0 Å². The molecular weight excluding hydrogens is 370 g/mol. The molecule has 0 aromatic heterocycles. The molecule has 0 radical (unpaired) electrons. The summed E-state index contributed by atoms with van der Waals surface area (Å²) in [6.07, 6.45) is 6.03. The summed E-state index contributed by atoms with van der Waals surface area (Å²) in [4.78, 5) is 11.4. The van der Waals surface area contributed by atoms with Gasteiger partial charge in [0, 0.05) is 24.4 Å². The van der Waals surface area contributed by atoms with Gasteiger partial charge in [0.05, 0.1) is 0 Å². The molecule has 0 amide bonds. The van der Waals surface area contributed by atoms with Crippen LogP contribution in [-0.4, -0.2) is 18.5 Å². The monoisotopic (exact) mass is 403 g/mol. The van der Waals surface area contributed by atoms with Gasteiger partial charge in [0.25, 0.3) is 0 Å². The van der Waals surface area contributed by atoms with E-state index in [1.165, 1.54) is 16.7 Å². The minimum Gasteiger partial charge on any atom is -0.400 e. The Bertz CT molecular complexity index is 860. The van der Waals surface area contributed by atoms with Crippen molar-refractivity contribution in [1.82, 2.24) is 0 Å². The van der Waals surface area contributed by atoms with Crippen LogP contribution in [0, 0.1) is 12.8 Å². The smallest absolute Gasteiger partial charge is 0.123 e. The van der Waals surface area contributed by atoms with Crippen molar-refractivity contribution < 1.29 is 9.90 Å². The first-order valence-electron chi connectivity index (χ1n) is 10.6. The molecule has 3 nitrogen and oxygen atoms in total. The maximum Gasteiger partial charge on any atom is 0.123 e. The second-order valence-corrected chi connectivity index (χ2v) is 7.50. The Morgan fingerprint density at radius 2 is 1.50 bits per heavy atom. The van der Waals surface area contributed by atoms with Crippen molar-refractivity contribution in [2.45, 2.75) is 39.0 Å². The second-order valence-electron chi connectivity index (χ2n) is 7.50. The van der Waals surface area contributed by atoms with E-state index in [4.69, 9.17) is 5.11 Å². The molecule has 3 rings (SSSR count). The zero-order valence-electron chi connectivity index (χ0n) is 18.1. The van der Waals surface area contributed by atoms with E-state index in [0.29, 0.717) is 0 Å². The van der Waals surface area contributed by atoms with Crippen LogP contribution in [0.2, 0.25) is 0 Å². The maximum absolute atomic E-state index is 11.4. The SMILES string of the molecule is CO.Cc1ccc(Nc2cccc(CCCC(C=O)CCc3ccccc3)c2)cc1. The number of carbonyl (C=O) groups is 1. The standard InChI is InChI=1S/C26H29NO.CH4O/c1-21-13-17-25(18-14-21)27-26-12-6-10-23(19-26)9-5-11-24(20-28)16-15-22-7-3-2-4-8-22;1-2/h2-4,6-8,10,12-14,17-20,24,27H,5,9,11,15-16H2,1H3;2H,1H3. The first kappa shape index (κ1) is 23.4. The van der Waals surface area contributed by atoms with E-state index in [0.717, 1.165) is 56.9 Å². The molecule has 0 heterocycles. The quantitative estimate of drug-likeness (QED) is 0.401. The number of carbonyl (C=O) groups excluding carboxylic acids is 1. The molecule has 0 aliphatic heterocycles. The van der Waals surface area contributed by atoms with Gasteiger partial charge in [-0.05, 0) is 74.4 Å². The molecule has 0 fully saturated rings. The van der Waals surface area contributed by atoms with Gasteiger partial charge in [0.2, 0.25) is 0 Å². The fraction of sp³-hybridized carbons (Fsp3) is 0.296. The number of hydrogen-bond acceptors (Lipinski definition) is 3. The van der Waals surface area contributed by atoms with Crippen LogP contribution < -0.4 is 5.32 Å². The fourth-order valence-electron chi connectivity index (χ4n) is 3.45. The van der Waals surface area contributed by atoms with Crippen molar-refractivity contribution >= 4 is 17.7 Å². The summed E-state index contributed by atoms with van der Waals surface area (Å²) in [5, 5.41) is 10.5. The van der Waals surface area contributed by atoms with Gasteiger partial charge in [-0.25, -0.2) is 0 Å². The van der Waals surface area contributed by atoms with Crippen LogP contribution in [0.1, 0.15) is 36.0 Å². The first-order valence-corrected chi connectivity index (χ1v) is 10.6. The Morgan fingerprint density at radius 3 is 2.20 bits per heavy atom. The lowest BCUT2D eigenvalue weighted by atomic mass is 9.94. The minimum absolute atomic E-state index is 0.147. The molecule has 0 aliphatic rings. The number of aryl methyl sites for hydroxylation is 3. The van der Waals surface area contributed by atoms with E-state index in [1.54, 1.807) is 0 Å². The number of benzene rings is 3. The van der Waals surface area contributed by atoms with E-state index in [2.05, 4.69) is 85.0 Å². The molecule has 30 heavy (non-hydrogen) atoms. The Labute approximate surface area is 180 Å². The Kier molecular flexibility index (Phi) is 10.4. The molecular formula is C27H33NO2. The van der Waals surface area contributed by atoms with Crippen molar-refractivity contribution in [1.29, 1.82) is 0 Å². The normalized spacial score (nSPS) is 11.2. The summed E-state index contributed by atoms with van der Waals surface area (Å²) in [6.45, 7) is 2.09. The molecule has 0 spiro atoms. The van der Waals surface area contributed by atoms with Crippen LogP contribution >= 0.6 is 0 Å². The zero-order chi connectivity index (χ0) is 21.6. The molecule has 3 heteroatoms. The Balaban J connectivity index is 0.00000155. The molecule has 2 N–H and O–H groups in total.